The van der Waals surface area contributed by atoms with E-state index >= 15 is 0 Å². The van der Waals surface area contributed by atoms with Crippen LogP contribution in [0.1, 0.15) is 69.4 Å². The van der Waals surface area contributed by atoms with Gasteiger partial charge in [0.25, 0.3) is 5.91 Å². The molecule has 7 heteroatoms. The van der Waals surface area contributed by atoms with E-state index in [1.807, 2.05) is 76.3 Å². The lowest BCUT2D eigenvalue weighted by atomic mass is 9.99. The molecule has 1 atom stereocenters. The van der Waals surface area contributed by atoms with Crippen molar-refractivity contribution in [3.05, 3.63) is 71.6 Å². The molecule has 1 aliphatic heterocycles. The summed E-state index contributed by atoms with van der Waals surface area (Å²) in [4.78, 5) is 31.1. The van der Waals surface area contributed by atoms with Gasteiger partial charge in [-0.15, -0.1) is 0 Å². The second kappa shape index (κ2) is 11.2. The fourth-order valence-electron chi connectivity index (χ4n) is 3.94. The van der Waals surface area contributed by atoms with Crippen LogP contribution in [-0.2, 0) is 4.74 Å². The second-order valence-corrected chi connectivity index (χ2v) is 9.55. The second-order valence-electron chi connectivity index (χ2n) is 9.55. The third-order valence-electron chi connectivity index (χ3n) is 5.54. The van der Waals surface area contributed by atoms with Crippen molar-refractivity contribution in [2.75, 3.05) is 13.1 Å². The van der Waals surface area contributed by atoms with Crippen LogP contribution in [0.3, 0.4) is 0 Å². The van der Waals surface area contributed by atoms with Crippen LogP contribution in [0.4, 0.5) is 4.79 Å². The third-order valence-corrected chi connectivity index (χ3v) is 5.54. The van der Waals surface area contributed by atoms with Crippen LogP contribution >= 0.6 is 0 Å². The van der Waals surface area contributed by atoms with Gasteiger partial charge in [0.15, 0.2) is 0 Å². The van der Waals surface area contributed by atoms with E-state index in [1.54, 1.807) is 11.0 Å². The molecule has 1 unspecified atom stereocenters. The summed E-state index contributed by atoms with van der Waals surface area (Å²) in [5.74, 6) is 0.972. The Hall–Kier alpha value is -3.61. The standard InChI is InChI=1S/C28H35N3O4/c1-6-8-21(9-7-2)34-22-12-10-19(11-13-22)25-23(26(29)32)14-15-24(30-25)20-16-17-31(18-20)27(33)35-28(3,4)5/h6,8-15,20H,7,16-18H2,1-5H3,(H2,29,32)/b8-6-,21-9+. The van der Waals surface area contributed by atoms with E-state index in [-0.39, 0.29) is 12.0 Å². The number of allylic oxidation sites excluding steroid dienone is 3. The first kappa shape index (κ1) is 26.0. The molecule has 0 radical (unpaired) electrons. The zero-order valence-corrected chi connectivity index (χ0v) is 21.2. The van der Waals surface area contributed by atoms with E-state index in [0.717, 1.165) is 29.9 Å². The molecule has 1 aromatic heterocycles. The molecule has 1 fully saturated rings. The van der Waals surface area contributed by atoms with E-state index < -0.39 is 11.5 Å². The lowest BCUT2D eigenvalue weighted by molar-refractivity contribution is 0.0292. The van der Waals surface area contributed by atoms with Gasteiger partial charge in [-0.05, 0) is 89.1 Å². The Morgan fingerprint density at radius 1 is 1.17 bits per heavy atom. The van der Waals surface area contributed by atoms with Gasteiger partial charge in [0, 0.05) is 30.3 Å². The first-order chi connectivity index (χ1) is 16.6. The van der Waals surface area contributed by atoms with Gasteiger partial charge >= 0.3 is 6.09 Å². The van der Waals surface area contributed by atoms with Gasteiger partial charge in [-0.1, -0.05) is 13.0 Å². The largest absolute Gasteiger partial charge is 0.458 e. The molecular formula is C28H35N3O4. The predicted octanol–water partition coefficient (Wildman–Crippen LogP) is 5.82. The van der Waals surface area contributed by atoms with Gasteiger partial charge in [-0.25, -0.2) is 4.79 Å². The van der Waals surface area contributed by atoms with Crippen molar-refractivity contribution < 1.29 is 19.1 Å². The molecule has 2 aromatic rings. The number of carbonyl (C=O) groups excluding carboxylic acids is 2. The highest BCUT2D eigenvalue weighted by molar-refractivity contribution is 5.98. The topological polar surface area (TPSA) is 94.8 Å². The number of amides is 2. The summed E-state index contributed by atoms with van der Waals surface area (Å²) >= 11 is 0. The van der Waals surface area contributed by atoms with Gasteiger partial charge in [0.2, 0.25) is 0 Å². The highest BCUT2D eigenvalue weighted by atomic mass is 16.6. The first-order valence-electron chi connectivity index (χ1n) is 12.0. The number of aromatic nitrogens is 1. The van der Waals surface area contributed by atoms with Crippen molar-refractivity contribution in [2.24, 2.45) is 5.73 Å². The normalized spacial score (nSPS) is 16.5. The zero-order valence-electron chi connectivity index (χ0n) is 21.2. The highest BCUT2D eigenvalue weighted by Crippen LogP contribution is 2.31. The van der Waals surface area contributed by atoms with Gasteiger partial charge in [-0.3, -0.25) is 9.78 Å². The number of benzene rings is 1. The number of primary amides is 1. The number of pyridine rings is 1. The number of hydrogen-bond donors (Lipinski definition) is 1. The van der Waals surface area contributed by atoms with Crippen molar-refractivity contribution in [3.63, 3.8) is 0 Å². The van der Waals surface area contributed by atoms with Crippen LogP contribution in [0.25, 0.3) is 11.3 Å². The Labute approximate surface area is 207 Å². The average Bonchev–Trinajstić information content (AvgIpc) is 3.29. The van der Waals surface area contributed by atoms with E-state index in [0.29, 0.717) is 30.1 Å². The van der Waals surface area contributed by atoms with Crippen LogP contribution in [0.2, 0.25) is 0 Å². The van der Waals surface area contributed by atoms with Gasteiger partial charge in [0.1, 0.15) is 17.1 Å². The molecule has 0 spiro atoms. The molecule has 0 bridgehead atoms. The minimum atomic E-state index is -0.542. The third kappa shape index (κ3) is 6.94. The van der Waals surface area contributed by atoms with E-state index in [1.165, 1.54) is 0 Å². The van der Waals surface area contributed by atoms with E-state index in [4.69, 9.17) is 20.2 Å². The number of carbonyl (C=O) groups is 2. The number of rotatable bonds is 7. The van der Waals surface area contributed by atoms with Crippen molar-refractivity contribution in [3.8, 4) is 17.0 Å². The van der Waals surface area contributed by atoms with Crippen molar-refractivity contribution >= 4 is 12.0 Å². The fourth-order valence-corrected chi connectivity index (χ4v) is 3.94. The summed E-state index contributed by atoms with van der Waals surface area (Å²) in [6, 6.07) is 11.0. The molecule has 0 saturated carbocycles. The minimum absolute atomic E-state index is 0.0494. The van der Waals surface area contributed by atoms with Gasteiger partial charge in [0.05, 0.1) is 11.3 Å². The molecule has 1 aromatic carbocycles. The van der Waals surface area contributed by atoms with Crippen LogP contribution in [0.5, 0.6) is 5.75 Å². The molecule has 7 nitrogen and oxygen atoms in total. The number of nitrogens with zero attached hydrogens (tertiary/aromatic N) is 2. The first-order valence-corrected chi connectivity index (χ1v) is 12.0. The zero-order chi connectivity index (χ0) is 25.6. The molecule has 1 saturated heterocycles. The lowest BCUT2D eigenvalue weighted by Crippen LogP contribution is -2.35. The summed E-state index contributed by atoms with van der Waals surface area (Å²) in [5.41, 5.74) is 7.57. The minimum Gasteiger partial charge on any atom is -0.458 e. The maximum atomic E-state index is 12.5. The fraction of sp³-hybridized carbons (Fsp3) is 0.393. The van der Waals surface area contributed by atoms with Crippen molar-refractivity contribution in [1.82, 2.24) is 9.88 Å². The van der Waals surface area contributed by atoms with E-state index in [9.17, 15) is 9.59 Å². The Bertz CT molecular complexity index is 1110. The molecule has 2 amide bonds. The maximum absolute atomic E-state index is 12.5. The molecule has 1 aliphatic rings. The summed E-state index contributed by atoms with van der Waals surface area (Å²) in [5, 5.41) is 0. The number of hydrogen-bond acceptors (Lipinski definition) is 5. The summed E-state index contributed by atoms with van der Waals surface area (Å²) in [6.45, 7) is 10.7. The predicted molar refractivity (Wildman–Crippen MR) is 137 cm³/mol. The quantitative estimate of drug-likeness (QED) is 0.400. The molecule has 2 heterocycles. The van der Waals surface area contributed by atoms with Crippen LogP contribution in [-0.4, -0.2) is 40.6 Å². The number of ether oxygens (including phenoxy) is 2. The van der Waals surface area contributed by atoms with Crippen molar-refractivity contribution in [1.29, 1.82) is 0 Å². The Kier molecular flexibility index (Phi) is 8.33. The number of likely N-dealkylation sites (tertiary alicyclic amines) is 1. The summed E-state index contributed by atoms with van der Waals surface area (Å²) in [6.07, 6.45) is 7.16. The monoisotopic (exact) mass is 477 g/mol. The Morgan fingerprint density at radius 3 is 2.49 bits per heavy atom. The molecular weight excluding hydrogens is 442 g/mol. The van der Waals surface area contributed by atoms with Crippen molar-refractivity contribution in [2.45, 2.75) is 59.0 Å². The molecule has 35 heavy (non-hydrogen) atoms. The Balaban J connectivity index is 1.83. The van der Waals surface area contributed by atoms with E-state index in [2.05, 4.69) is 6.92 Å². The molecule has 3 rings (SSSR count). The molecule has 0 aliphatic carbocycles. The van der Waals surface area contributed by atoms with Gasteiger partial charge < -0.3 is 20.1 Å². The van der Waals surface area contributed by atoms with Gasteiger partial charge in [-0.2, -0.15) is 0 Å². The summed E-state index contributed by atoms with van der Waals surface area (Å²) < 4.78 is 11.5. The molecule has 2 N–H and O–H groups in total. The average molecular weight is 478 g/mol. The van der Waals surface area contributed by atoms with Crippen LogP contribution in [0.15, 0.2) is 60.4 Å². The van der Waals surface area contributed by atoms with Crippen LogP contribution < -0.4 is 10.5 Å². The summed E-state index contributed by atoms with van der Waals surface area (Å²) in [7, 11) is 0. The highest BCUT2D eigenvalue weighted by Gasteiger charge is 2.31. The maximum Gasteiger partial charge on any atom is 0.410 e. The lowest BCUT2D eigenvalue weighted by Gasteiger charge is -2.24. The molecule has 186 valence electrons. The smallest absolute Gasteiger partial charge is 0.410 e. The SMILES string of the molecule is C/C=C\C(=C/CC)Oc1ccc(-c2nc(C3CCN(C(=O)OC(C)(C)C)C3)ccc2C(N)=O)cc1. The van der Waals surface area contributed by atoms with Crippen LogP contribution in [0, 0.1) is 0 Å². The number of nitrogens with two attached hydrogens (primary N) is 1. The Morgan fingerprint density at radius 2 is 1.89 bits per heavy atom.